The molecule has 2 aromatic heterocycles. The topological polar surface area (TPSA) is 166 Å². The van der Waals surface area contributed by atoms with Crippen molar-refractivity contribution >= 4 is 30.8 Å². The third-order valence-electron chi connectivity index (χ3n) is 11.4. The Kier molecular flexibility index (Phi) is 14.1. The lowest BCUT2D eigenvalue weighted by molar-refractivity contribution is -0.168. The number of hydrogen-bond donors (Lipinski definition) is 2. The van der Waals surface area contributed by atoms with Crippen molar-refractivity contribution in [3.63, 3.8) is 0 Å². The van der Waals surface area contributed by atoms with Crippen LogP contribution in [-0.4, -0.2) is 92.1 Å². The van der Waals surface area contributed by atoms with Gasteiger partial charge in [-0.2, -0.15) is 9.79 Å². The number of nitrogens with zero attached hydrogens (tertiary/aromatic N) is 6. The molecule has 1 aliphatic heterocycles. The first-order valence-electron chi connectivity index (χ1n) is 20.9. The largest absolute Gasteiger partial charge is 0.358 e. The van der Waals surface area contributed by atoms with Crippen molar-refractivity contribution in [1.29, 1.82) is 5.26 Å². The van der Waals surface area contributed by atoms with Gasteiger partial charge in [0, 0.05) is 44.7 Å². The summed E-state index contributed by atoms with van der Waals surface area (Å²) in [6, 6.07) is 31.0. The van der Waals surface area contributed by atoms with Crippen LogP contribution in [0.1, 0.15) is 74.7 Å². The van der Waals surface area contributed by atoms with Crippen molar-refractivity contribution in [3.05, 3.63) is 144 Å². The number of imidazole rings is 1. The van der Waals surface area contributed by atoms with Gasteiger partial charge in [-0.25, -0.2) is 19.8 Å². The first-order valence-corrected chi connectivity index (χ1v) is 22.7. The first kappa shape index (κ1) is 44.8. The van der Waals surface area contributed by atoms with Crippen molar-refractivity contribution in [2.45, 2.75) is 88.9 Å². The first-order chi connectivity index (χ1) is 30.0. The molecule has 15 heteroatoms. The van der Waals surface area contributed by atoms with Crippen LogP contribution in [0.15, 0.2) is 127 Å². The molecule has 3 aromatic carbocycles. The number of hydrogen-bond acceptors (Lipinski definition) is 12. The van der Waals surface area contributed by atoms with Crippen LogP contribution >= 0.6 is 7.87 Å². The number of anilines is 1. The summed E-state index contributed by atoms with van der Waals surface area (Å²) in [7, 11) is -0.159. The third-order valence-corrected chi connectivity index (χ3v) is 14.5. The average molecular weight is 861 g/mol. The Morgan fingerprint density at radius 3 is 2.18 bits per heavy atom. The predicted octanol–water partition coefficient (Wildman–Crippen LogP) is 8.37. The van der Waals surface area contributed by atoms with E-state index in [0.29, 0.717) is 23.1 Å². The lowest BCUT2D eigenvalue weighted by Gasteiger charge is -2.40. The maximum atomic E-state index is 13.2. The second-order valence-corrected chi connectivity index (χ2v) is 18.3. The monoisotopic (exact) mass is 860 g/mol. The van der Waals surface area contributed by atoms with E-state index in [1.807, 2.05) is 111 Å². The Balaban J connectivity index is 1.29. The second kappa shape index (κ2) is 19.5. The van der Waals surface area contributed by atoms with E-state index in [0.717, 1.165) is 16.7 Å². The van der Waals surface area contributed by atoms with Crippen molar-refractivity contribution in [2.75, 3.05) is 32.3 Å². The van der Waals surface area contributed by atoms with Gasteiger partial charge in [-0.15, -0.1) is 4.67 Å². The molecule has 1 aliphatic carbocycles. The van der Waals surface area contributed by atoms with E-state index in [1.165, 1.54) is 6.33 Å². The molecule has 0 spiro atoms. The summed E-state index contributed by atoms with van der Waals surface area (Å²) >= 11 is 0. The van der Waals surface area contributed by atoms with E-state index in [9.17, 15) is 14.9 Å². The summed E-state index contributed by atoms with van der Waals surface area (Å²) in [4.78, 5) is 39.4. The lowest BCUT2D eigenvalue weighted by atomic mass is 9.77. The van der Waals surface area contributed by atoms with Gasteiger partial charge in [-0.05, 0) is 62.6 Å². The van der Waals surface area contributed by atoms with Crippen LogP contribution in [0.2, 0.25) is 0 Å². The maximum Gasteiger partial charge on any atom is 0.347 e. The van der Waals surface area contributed by atoms with Gasteiger partial charge >= 0.3 is 7.87 Å². The summed E-state index contributed by atoms with van der Waals surface area (Å²) < 4.78 is 36.7. The van der Waals surface area contributed by atoms with Gasteiger partial charge < -0.3 is 24.3 Å². The zero-order valence-electron chi connectivity index (χ0n) is 36.0. The number of ether oxygens (including phenoxy) is 4. The fourth-order valence-corrected chi connectivity index (χ4v) is 11.5. The molecule has 1 amide bonds. The smallest absolute Gasteiger partial charge is 0.347 e. The minimum atomic E-state index is -3.40. The molecule has 2 aliphatic rings. The van der Waals surface area contributed by atoms with Crippen LogP contribution in [0, 0.1) is 11.3 Å². The summed E-state index contributed by atoms with van der Waals surface area (Å²) in [6.07, 6.45) is 7.83. The van der Waals surface area contributed by atoms with Crippen LogP contribution < -0.4 is 5.32 Å². The van der Waals surface area contributed by atoms with Gasteiger partial charge in [0.1, 0.15) is 36.5 Å². The highest BCUT2D eigenvalue weighted by Crippen LogP contribution is 2.63. The zero-order valence-corrected chi connectivity index (χ0v) is 36.9. The van der Waals surface area contributed by atoms with Crippen LogP contribution in [0.5, 0.6) is 0 Å². The summed E-state index contributed by atoms with van der Waals surface area (Å²) in [6.45, 7) is 8.09. The Morgan fingerprint density at radius 1 is 0.984 bits per heavy atom. The Labute approximate surface area is 363 Å². The molecular weight excluding hydrogens is 806 g/mol. The van der Waals surface area contributed by atoms with Gasteiger partial charge in [0.15, 0.2) is 22.8 Å². The fourth-order valence-electron chi connectivity index (χ4n) is 8.56. The van der Waals surface area contributed by atoms with Gasteiger partial charge in [0.2, 0.25) is 0 Å². The highest BCUT2D eigenvalue weighted by molar-refractivity contribution is 7.63. The Morgan fingerprint density at radius 2 is 1.61 bits per heavy atom. The zero-order chi connectivity index (χ0) is 43.9. The lowest BCUT2D eigenvalue weighted by Crippen LogP contribution is -2.43. The molecule has 1 fully saturated rings. The van der Waals surface area contributed by atoms with Crippen molar-refractivity contribution in [3.8, 4) is 6.07 Å². The molecule has 324 valence electrons. The Hall–Kier alpha value is -5.20. The number of aromatic nitrogens is 4. The number of carbonyl (C=O) groups excluding carboxylic acids is 1. The number of nitriles is 1. The molecule has 5 aromatic rings. The van der Waals surface area contributed by atoms with Crippen LogP contribution in [-0.2, 0) is 29.1 Å². The van der Waals surface area contributed by atoms with Gasteiger partial charge in [0.05, 0.1) is 25.4 Å². The van der Waals surface area contributed by atoms with E-state index in [2.05, 4.69) is 32.4 Å². The minimum Gasteiger partial charge on any atom is -0.358 e. The van der Waals surface area contributed by atoms with Crippen molar-refractivity contribution < 1.29 is 33.2 Å². The van der Waals surface area contributed by atoms with Crippen molar-refractivity contribution in [1.82, 2.24) is 24.2 Å². The van der Waals surface area contributed by atoms with Gasteiger partial charge in [-0.3, -0.25) is 9.36 Å². The third kappa shape index (κ3) is 9.13. The van der Waals surface area contributed by atoms with Gasteiger partial charge in [0.25, 0.3) is 5.91 Å². The predicted molar refractivity (Wildman–Crippen MR) is 238 cm³/mol. The van der Waals surface area contributed by atoms with E-state index in [4.69, 9.17) is 23.5 Å². The van der Waals surface area contributed by atoms with Crippen LogP contribution in [0.25, 0.3) is 11.2 Å². The molecule has 2 N–H and O–H groups in total. The highest BCUT2D eigenvalue weighted by atomic mass is 31.2. The standard InChI is InChI=1S/C47H54N7O7P/c1-33(2)54(34(3)4)62(56,28-16-27-48)61-39-29-41(53-32-51-42-43(49-31-50-44(42)53)52-45(55)35-17-10-7-11-18-35)60-40(39)30-59-47(36-19-12-8-13-20-36,37-21-14-9-15-22-37)38-23-25-46(57-5,58-6)26-24-38/h7-15,17-25,31-34,39-41,56H,16,26,28-30H2,1-6H3/p+1/t39-,40+,41+,62?/m0/s1. The summed E-state index contributed by atoms with van der Waals surface area (Å²) in [5.41, 5.74) is 2.82. The molecular formula is C47H55N7O7P+. The van der Waals surface area contributed by atoms with Gasteiger partial charge in [-0.1, -0.05) is 91.0 Å². The summed E-state index contributed by atoms with van der Waals surface area (Å²) in [5, 5.41) is 12.6. The van der Waals surface area contributed by atoms with Crippen LogP contribution in [0.3, 0.4) is 0 Å². The SMILES string of the molecule is COC1(OC)C=CC(C(OC[C@H]2O[C@@H](n3cnc4c(NC(=O)c5ccccc5)ncnc43)C[C@@H]2O[P+](O)(CCC#N)N(C(C)C)C(C)C)(c2ccccc2)c2ccccc2)=CC1. The average Bonchev–Trinajstić information content (AvgIpc) is 3.91. The van der Waals surface area contributed by atoms with E-state index in [-0.39, 0.29) is 49.4 Å². The number of methoxy groups -OCH3 is 2. The van der Waals surface area contributed by atoms with Crippen molar-refractivity contribution in [2.24, 2.45) is 0 Å². The van der Waals surface area contributed by atoms with E-state index in [1.54, 1.807) is 49.4 Å². The number of nitrogens with one attached hydrogen (secondary N) is 1. The molecule has 14 nitrogen and oxygen atoms in total. The molecule has 4 atom stereocenters. The van der Waals surface area contributed by atoms with Crippen LogP contribution in [0.4, 0.5) is 5.82 Å². The quantitative estimate of drug-likeness (QED) is 0.0640. The van der Waals surface area contributed by atoms with E-state index < -0.39 is 37.7 Å². The number of carbonyl (C=O) groups is 1. The normalized spacial score (nSPS) is 19.8. The number of benzene rings is 3. The van der Waals surface area contributed by atoms with E-state index >= 15 is 0 Å². The molecule has 0 radical (unpaired) electrons. The highest BCUT2D eigenvalue weighted by Gasteiger charge is 2.55. The molecule has 1 saturated heterocycles. The minimum absolute atomic E-state index is 0.0252. The molecule has 1 unspecified atom stereocenters. The summed E-state index contributed by atoms with van der Waals surface area (Å²) in [5.74, 6) is -1.01. The fraction of sp³-hybridized carbons (Fsp3) is 0.383. The number of amides is 1. The molecule has 0 saturated carbocycles. The number of fused-ring (bicyclic) bond motifs is 1. The molecule has 7 rings (SSSR count). The Bertz CT molecular complexity index is 2340. The molecule has 0 bridgehead atoms. The molecule has 3 heterocycles. The second-order valence-electron chi connectivity index (χ2n) is 15.9. The molecule has 62 heavy (non-hydrogen) atoms. The maximum absolute atomic E-state index is 13.2. The number of rotatable bonds is 18.